The van der Waals surface area contributed by atoms with Crippen LogP contribution in [0, 0.1) is 0 Å². The number of hydrogen-bond acceptors (Lipinski definition) is 15. The van der Waals surface area contributed by atoms with Gasteiger partial charge in [-0.25, -0.2) is 9.13 Å². The second kappa shape index (κ2) is 73.8. The fourth-order valence-corrected chi connectivity index (χ4v) is 12.7. The summed E-state index contributed by atoms with van der Waals surface area (Å²) in [7, 11) is -9.96. The second-order valence-corrected chi connectivity index (χ2v) is 29.9. The average Bonchev–Trinajstić information content (AvgIpc) is 1.06. The van der Waals surface area contributed by atoms with Crippen molar-refractivity contribution >= 4 is 39.5 Å². The number of esters is 4. The average molecular weight is 1450 g/mol. The molecule has 0 fully saturated rings. The first-order valence-electron chi connectivity index (χ1n) is 40.2. The van der Waals surface area contributed by atoms with E-state index >= 15 is 0 Å². The first-order valence-corrected chi connectivity index (χ1v) is 43.2. The SMILES string of the molecule is CC/C=C\C/C=C\C/C=C\C/C=C\C/C=C\CCCC(=O)OCC(COP(=O)(O)OCC(O)COP(=O)(O)OCC(COC(=O)CCCCCCCCCCCCCCCCC)OC(=O)CCCCCCC/C=C\CCCCCC)OC(=O)CCCCCCCCCCCCCCCCC. The van der Waals surface area contributed by atoms with Gasteiger partial charge in [-0.05, 0) is 89.9 Å². The fraction of sp³-hybridized carbons (Fsp3) is 0.802. The first-order chi connectivity index (χ1) is 48.7. The third-order valence-corrected chi connectivity index (χ3v) is 19.1. The van der Waals surface area contributed by atoms with Crippen LogP contribution in [0.3, 0.4) is 0 Å². The Morgan fingerprint density at radius 3 is 0.860 bits per heavy atom. The Bertz CT molecular complexity index is 2180. The Kier molecular flexibility index (Phi) is 71.2. The molecule has 0 spiro atoms. The standard InChI is InChI=1S/C81H146O17P2/c1-5-9-13-17-21-25-29-33-36-37-40-43-46-50-54-58-62-66-79(84)92-72-77(98-81(86)68-64-60-56-52-48-44-39-35-31-27-23-19-15-11-7-3)74-96-100(89,90)94-70-75(82)69-93-99(87,88)95-73-76(97-80(85)67-63-59-55-51-47-41-32-28-24-20-16-12-8-4)71-91-78(83)65-61-57-53-49-45-42-38-34-30-26-22-18-14-10-6-2/h9,13,21,25,28,32-33,36,40,43,50,54,75-77,82H,5-8,10-12,14-20,22-24,26-27,29-31,34-35,37-39,41-42,44-49,51-53,55-74H2,1-4H3,(H,87,88)(H,89,90)/b13-9-,25-21-,32-28-,36-33-,43-40-,54-50-. The maximum Gasteiger partial charge on any atom is 0.472 e. The van der Waals surface area contributed by atoms with Gasteiger partial charge in [0.05, 0.1) is 26.4 Å². The number of allylic oxidation sites excluding steroid dienone is 12. The van der Waals surface area contributed by atoms with Crippen LogP contribution in [0.2, 0.25) is 0 Å². The molecule has 0 rings (SSSR count). The lowest BCUT2D eigenvalue weighted by Crippen LogP contribution is -2.30. The zero-order valence-electron chi connectivity index (χ0n) is 63.6. The van der Waals surface area contributed by atoms with E-state index in [1.807, 2.05) is 12.2 Å². The number of carbonyl (C=O) groups excluding carboxylic acids is 4. The van der Waals surface area contributed by atoms with Crippen molar-refractivity contribution in [1.82, 2.24) is 0 Å². The molecule has 0 aliphatic rings. The molecule has 0 aromatic rings. The minimum absolute atomic E-state index is 0.0870. The van der Waals surface area contributed by atoms with Gasteiger partial charge in [0.25, 0.3) is 0 Å². The van der Waals surface area contributed by atoms with Crippen LogP contribution in [0.15, 0.2) is 72.9 Å². The van der Waals surface area contributed by atoms with E-state index in [2.05, 4.69) is 88.5 Å². The molecule has 0 bridgehead atoms. The van der Waals surface area contributed by atoms with Gasteiger partial charge in [-0.2, -0.15) is 0 Å². The molecule has 0 aliphatic heterocycles. The summed E-state index contributed by atoms with van der Waals surface area (Å²) >= 11 is 0. The number of unbranched alkanes of at least 4 members (excludes halogenated alkanes) is 38. The highest BCUT2D eigenvalue weighted by atomic mass is 31.2. The zero-order chi connectivity index (χ0) is 73.2. The van der Waals surface area contributed by atoms with Crippen LogP contribution in [-0.2, 0) is 65.4 Å². The van der Waals surface area contributed by atoms with Crippen molar-refractivity contribution in [2.24, 2.45) is 0 Å². The number of ether oxygens (including phenoxy) is 4. The first kappa shape index (κ1) is 96.5. The van der Waals surface area contributed by atoms with Gasteiger partial charge < -0.3 is 33.8 Å². The molecule has 3 N–H and O–H groups in total. The molecule has 0 aliphatic carbocycles. The summed E-state index contributed by atoms with van der Waals surface area (Å²) in [4.78, 5) is 72.9. The quantitative estimate of drug-likeness (QED) is 0.0169. The van der Waals surface area contributed by atoms with Crippen LogP contribution in [0.1, 0.15) is 362 Å². The molecular formula is C81H146O17P2. The van der Waals surface area contributed by atoms with Crippen molar-refractivity contribution in [3.05, 3.63) is 72.9 Å². The van der Waals surface area contributed by atoms with Gasteiger partial charge in [0.15, 0.2) is 12.2 Å². The van der Waals surface area contributed by atoms with E-state index < -0.39 is 97.5 Å². The molecule has 100 heavy (non-hydrogen) atoms. The van der Waals surface area contributed by atoms with Crippen molar-refractivity contribution in [2.75, 3.05) is 39.6 Å². The van der Waals surface area contributed by atoms with Crippen molar-refractivity contribution in [3.63, 3.8) is 0 Å². The summed E-state index contributed by atoms with van der Waals surface area (Å²) in [5.74, 6) is -2.22. The van der Waals surface area contributed by atoms with Gasteiger partial charge >= 0.3 is 39.5 Å². The predicted molar refractivity (Wildman–Crippen MR) is 409 cm³/mol. The molecule has 0 saturated heterocycles. The summed E-state index contributed by atoms with van der Waals surface area (Å²) < 4.78 is 68.6. The van der Waals surface area contributed by atoms with E-state index in [4.69, 9.17) is 37.0 Å². The monoisotopic (exact) mass is 1450 g/mol. The minimum atomic E-state index is -4.98. The van der Waals surface area contributed by atoms with Gasteiger partial charge in [0.1, 0.15) is 19.3 Å². The number of rotatable bonds is 76. The number of aliphatic hydroxyl groups is 1. The van der Waals surface area contributed by atoms with Gasteiger partial charge in [-0.1, -0.05) is 319 Å². The van der Waals surface area contributed by atoms with Crippen LogP contribution in [0.5, 0.6) is 0 Å². The Balaban J connectivity index is 5.36. The Morgan fingerprint density at radius 1 is 0.290 bits per heavy atom. The largest absolute Gasteiger partial charge is 0.472 e. The zero-order valence-corrected chi connectivity index (χ0v) is 65.4. The highest BCUT2D eigenvalue weighted by Crippen LogP contribution is 2.45. The van der Waals surface area contributed by atoms with Crippen molar-refractivity contribution in [1.29, 1.82) is 0 Å². The molecule has 0 heterocycles. The molecular weight excluding hydrogens is 1310 g/mol. The Labute approximate surface area is 609 Å². The summed E-state index contributed by atoms with van der Waals surface area (Å²) in [6.07, 6.45) is 74.6. The van der Waals surface area contributed by atoms with E-state index in [-0.39, 0.29) is 25.7 Å². The summed E-state index contributed by atoms with van der Waals surface area (Å²) in [5, 5.41) is 10.6. The molecule has 582 valence electrons. The lowest BCUT2D eigenvalue weighted by molar-refractivity contribution is -0.161. The van der Waals surface area contributed by atoms with E-state index in [1.54, 1.807) is 0 Å². The minimum Gasteiger partial charge on any atom is -0.462 e. The Hall–Kier alpha value is -3.50. The van der Waals surface area contributed by atoms with Gasteiger partial charge in [-0.3, -0.25) is 37.3 Å². The van der Waals surface area contributed by atoms with E-state index in [0.29, 0.717) is 32.1 Å². The molecule has 17 nitrogen and oxygen atoms in total. The van der Waals surface area contributed by atoms with Crippen LogP contribution in [-0.4, -0.2) is 96.7 Å². The lowest BCUT2D eigenvalue weighted by Gasteiger charge is -2.21. The predicted octanol–water partition coefficient (Wildman–Crippen LogP) is 23.2. The number of hydrogen-bond donors (Lipinski definition) is 3. The number of phosphoric ester groups is 2. The van der Waals surface area contributed by atoms with Gasteiger partial charge in [0, 0.05) is 25.7 Å². The molecule has 19 heteroatoms. The van der Waals surface area contributed by atoms with Crippen molar-refractivity contribution in [3.8, 4) is 0 Å². The van der Waals surface area contributed by atoms with E-state index in [1.165, 1.54) is 161 Å². The van der Waals surface area contributed by atoms with Crippen molar-refractivity contribution < 1.29 is 80.2 Å². The highest BCUT2D eigenvalue weighted by molar-refractivity contribution is 7.47. The lowest BCUT2D eigenvalue weighted by atomic mass is 10.0. The normalized spacial score (nSPS) is 14.3. The number of aliphatic hydroxyl groups excluding tert-OH is 1. The summed E-state index contributed by atoms with van der Waals surface area (Å²) in [6.45, 7) is 4.75. The highest BCUT2D eigenvalue weighted by Gasteiger charge is 2.30. The van der Waals surface area contributed by atoms with Crippen LogP contribution in [0.25, 0.3) is 0 Å². The van der Waals surface area contributed by atoms with Crippen LogP contribution < -0.4 is 0 Å². The van der Waals surface area contributed by atoms with Gasteiger partial charge in [0.2, 0.25) is 0 Å². The maximum absolute atomic E-state index is 13.1. The van der Waals surface area contributed by atoms with Crippen LogP contribution >= 0.6 is 15.6 Å². The summed E-state index contributed by atoms with van der Waals surface area (Å²) in [6, 6.07) is 0. The van der Waals surface area contributed by atoms with Crippen molar-refractivity contribution in [2.45, 2.75) is 380 Å². The van der Waals surface area contributed by atoms with Gasteiger partial charge in [-0.15, -0.1) is 0 Å². The van der Waals surface area contributed by atoms with E-state index in [9.17, 15) is 43.2 Å². The number of carbonyl (C=O) groups is 4. The third-order valence-electron chi connectivity index (χ3n) is 17.2. The van der Waals surface area contributed by atoms with E-state index in [0.717, 1.165) is 116 Å². The smallest absolute Gasteiger partial charge is 0.462 e. The van der Waals surface area contributed by atoms with Crippen LogP contribution in [0.4, 0.5) is 0 Å². The maximum atomic E-state index is 13.1. The number of phosphoric acid groups is 2. The molecule has 5 unspecified atom stereocenters. The molecule has 0 aromatic carbocycles. The molecule has 5 atom stereocenters. The Morgan fingerprint density at radius 2 is 0.530 bits per heavy atom. The second-order valence-electron chi connectivity index (χ2n) is 27.0. The topological polar surface area (TPSA) is 237 Å². The molecule has 0 aromatic heterocycles. The fourth-order valence-electron chi connectivity index (χ4n) is 11.1. The third kappa shape index (κ3) is 72.8. The molecule has 0 amide bonds. The molecule has 0 radical (unpaired) electrons. The molecule has 0 saturated carbocycles. The summed E-state index contributed by atoms with van der Waals surface area (Å²) in [5.41, 5.74) is 0.